The van der Waals surface area contributed by atoms with Gasteiger partial charge in [0.25, 0.3) is 0 Å². The Bertz CT molecular complexity index is 306. The van der Waals surface area contributed by atoms with Crippen LogP contribution in [0.3, 0.4) is 0 Å². The fourth-order valence-electron chi connectivity index (χ4n) is 1.85. The summed E-state index contributed by atoms with van der Waals surface area (Å²) in [4.78, 5) is 0. The molecule has 0 spiro atoms. The monoisotopic (exact) mass is 238 g/mol. The predicted octanol–water partition coefficient (Wildman–Crippen LogP) is 4.18. The van der Waals surface area contributed by atoms with Gasteiger partial charge in [-0.3, -0.25) is 0 Å². The second-order valence-electron chi connectivity index (χ2n) is 4.47. The number of hydrogen-bond donors (Lipinski definition) is 2. The molecule has 3 heteroatoms. The summed E-state index contributed by atoms with van der Waals surface area (Å²) in [5, 5.41) is 3.20. The summed E-state index contributed by atoms with van der Waals surface area (Å²) in [6.45, 7) is 3.10. The van der Waals surface area contributed by atoms with Crippen molar-refractivity contribution in [1.82, 2.24) is 0 Å². The quantitative estimate of drug-likeness (QED) is 0.526. The Morgan fingerprint density at radius 1 is 1.06 bits per heavy atom. The van der Waals surface area contributed by atoms with Crippen molar-refractivity contribution in [3.05, 3.63) is 24.0 Å². The molecule has 17 heavy (non-hydrogen) atoms. The van der Waals surface area contributed by atoms with Crippen LogP contribution in [0.15, 0.2) is 18.2 Å². The molecule has 1 aromatic carbocycles. The summed E-state index contributed by atoms with van der Waals surface area (Å²) in [7, 11) is 0. The molecule has 0 aliphatic carbocycles. The first-order valence-corrected chi connectivity index (χ1v) is 6.52. The standard InChI is InChI=1S/C14H23FN2/c1-2-3-4-5-6-7-8-17-14-10-12(15)9-13(16)11-14/h9-11,17H,2-8,16H2,1H3. The topological polar surface area (TPSA) is 38.0 Å². The number of unbranched alkanes of at least 4 members (excludes halogenated alkanes) is 5. The second kappa shape index (κ2) is 7.93. The maximum atomic E-state index is 13.0. The predicted molar refractivity (Wildman–Crippen MR) is 72.7 cm³/mol. The molecule has 0 radical (unpaired) electrons. The first-order chi connectivity index (χ1) is 8.22. The lowest BCUT2D eigenvalue weighted by atomic mass is 10.1. The summed E-state index contributed by atoms with van der Waals surface area (Å²) < 4.78 is 13.0. The van der Waals surface area contributed by atoms with Gasteiger partial charge in [-0.2, -0.15) is 0 Å². The smallest absolute Gasteiger partial charge is 0.127 e. The molecule has 0 saturated heterocycles. The van der Waals surface area contributed by atoms with Gasteiger partial charge in [-0.25, -0.2) is 4.39 Å². The Kier molecular flexibility index (Phi) is 6.45. The minimum atomic E-state index is -0.282. The van der Waals surface area contributed by atoms with Gasteiger partial charge in [-0.05, 0) is 24.6 Å². The van der Waals surface area contributed by atoms with E-state index in [9.17, 15) is 4.39 Å². The second-order valence-corrected chi connectivity index (χ2v) is 4.47. The molecule has 0 saturated carbocycles. The molecule has 0 unspecified atom stereocenters. The van der Waals surface area contributed by atoms with Gasteiger partial charge >= 0.3 is 0 Å². The van der Waals surface area contributed by atoms with Crippen molar-refractivity contribution >= 4 is 11.4 Å². The zero-order valence-electron chi connectivity index (χ0n) is 10.6. The van der Waals surface area contributed by atoms with E-state index in [4.69, 9.17) is 5.73 Å². The lowest BCUT2D eigenvalue weighted by molar-refractivity contribution is 0.616. The highest BCUT2D eigenvalue weighted by Crippen LogP contribution is 2.15. The van der Waals surface area contributed by atoms with E-state index in [1.807, 2.05) is 0 Å². The van der Waals surface area contributed by atoms with E-state index in [-0.39, 0.29) is 5.82 Å². The lowest BCUT2D eigenvalue weighted by Gasteiger charge is -2.07. The molecule has 0 aromatic heterocycles. The van der Waals surface area contributed by atoms with Gasteiger partial charge in [-0.1, -0.05) is 39.0 Å². The van der Waals surface area contributed by atoms with Crippen molar-refractivity contribution in [3.8, 4) is 0 Å². The molecule has 0 atom stereocenters. The van der Waals surface area contributed by atoms with Crippen LogP contribution in [-0.4, -0.2) is 6.54 Å². The number of anilines is 2. The van der Waals surface area contributed by atoms with Gasteiger partial charge < -0.3 is 11.1 Å². The maximum Gasteiger partial charge on any atom is 0.127 e. The van der Waals surface area contributed by atoms with Crippen LogP contribution in [0.2, 0.25) is 0 Å². The molecule has 0 fully saturated rings. The molecule has 0 aliphatic heterocycles. The van der Waals surface area contributed by atoms with E-state index in [2.05, 4.69) is 12.2 Å². The van der Waals surface area contributed by atoms with Gasteiger partial charge in [0.1, 0.15) is 5.82 Å². The number of benzene rings is 1. The fourth-order valence-corrected chi connectivity index (χ4v) is 1.85. The molecular weight excluding hydrogens is 215 g/mol. The molecule has 1 rings (SSSR count). The van der Waals surface area contributed by atoms with Crippen LogP contribution >= 0.6 is 0 Å². The summed E-state index contributed by atoms with van der Waals surface area (Å²) in [5.41, 5.74) is 6.81. The largest absolute Gasteiger partial charge is 0.399 e. The molecule has 0 amide bonds. The average Bonchev–Trinajstić information content (AvgIpc) is 2.26. The van der Waals surface area contributed by atoms with E-state index in [0.717, 1.165) is 18.7 Å². The first-order valence-electron chi connectivity index (χ1n) is 6.52. The van der Waals surface area contributed by atoms with Crippen molar-refractivity contribution < 1.29 is 4.39 Å². The van der Waals surface area contributed by atoms with Crippen molar-refractivity contribution in [2.75, 3.05) is 17.6 Å². The van der Waals surface area contributed by atoms with E-state index >= 15 is 0 Å². The number of hydrogen-bond acceptors (Lipinski definition) is 2. The van der Waals surface area contributed by atoms with E-state index in [1.165, 1.54) is 44.2 Å². The molecule has 0 heterocycles. The SMILES string of the molecule is CCCCCCCCNc1cc(N)cc(F)c1. The van der Waals surface area contributed by atoms with Crippen LogP contribution in [0.4, 0.5) is 15.8 Å². The number of nitrogen functional groups attached to an aromatic ring is 1. The molecule has 0 aliphatic rings. The average molecular weight is 238 g/mol. The number of halogens is 1. The van der Waals surface area contributed by atoms with Crippen molar-refractivity contribution in [3.63, 3.8) is 0 Å². The van der Waals surface area contributed by atoms with Gasteiger partial charge in [0, 0.05) is 17.9 Å². The highest BCUT2D eigenvalue weighted by Gasteiger charge is 1.97. The van der Waals surface area contributed by atoms with Crippen molar-refractivity contribution in [1.29, 1.82) is 0 Å². The fraction of sp³-hybridized carbons (Fsp3) is 0.571. The third-order valence-corrected chi connectivity index (χ3v) is 2.78. The van der Waals surface area contributed by atoms with Crippen LogP contribution in [-0.2, 0) is 0 Å². The normalized spacial score (nSPS) is 10.5. The van der Waals surface area contributed by atoms with Gasteiger partial charge in [-0.15, -0.1) is 0 Å². The summed E-state index contributed by atoms with van der Waals surface area (Å²) >= 11 is 0. The Morgan fingerprint density at radius 3 is 2.47 bits per heavy atom. The maximum absolute atomic E-state index is 13.0. The molecule has 1 aromatic rings. The van der Waals surface area contributed by atoms with Crippen molar-refractivity contribution in [2.45, 2.75) is 45.4 Å². The minimum Gasteiger partial charge on any atom is -0.399 e. The third-order valence-electron chi connectivity index (χ3n) is 2.78. The zero-order valence-corrected chi connectivity index (χ0v) is 10.6. The molecule has 2 nitrogen and oxygen atoms in total. The Labute approximate surface area is 103 Å². The zero-order chi connectivity index (χ0) is 12.5. The Balaban J connectivity index is 2.13. The van der Waals surface area contributed by atoms with Crippen molar-refractivity contribution in [2.24, 2.45) is 0 Å². The number of nitrogens with one attached hydrogen (secondary N) is 1. The van der Waals surface area contributed by atoms with E-state index in [0.29, 0.717) is 5.69 Å². The summed E-state index contributed by atoms with van der Waals surface area (Å²) in [5.74, 6) is -0.282. The highest BCUT2D eigenvalue weighted by atomic mass is 19.1. The van der Waals surface area contributed by atoms with Gasteiger partial charge in [0.05, 0.1) is 0 Å². The summed E-state index contributed by atoms with van der Waals surface area (Å²) in [6, 6.07) is 4.57. The van der Waals surface area contributed by atoms with Crippen LogP contribution in [0.25, 0.3) is 0 Å². The van der Waals surface area contributed by atoms with E-state index < -0.39 is 0 Å². The van der Waals surface area contributed by atoms with Crippen LogP contribution in [0.5, 0.6) is 0 Å². The molecular formula is C14H23FN2. The molecule has 96 valence electrons. The third kappa shape index (κ3) is 6.15. The van der Waals surface area contributed by atoms with Crippen LogP contribution < -0.4 is 11.1 Å². The minimum absolute atomic E-state index is 0.282. The molecule has 3 N–H and O–H groups in total. The lowest BCUT2D eigenvalue weighted by Crippen LogP contribution is -2.02. The van der Waals surface area contributed by atoms with Crippen LogP contribution in [0.1, 0.15) is 45.4 Å². The van der Waals surface area contributed by atoms with Gasteiger partial charge in [0.15, 0.2) is 0 Å². The van der Waals surface area contributed by atoms with Crippen LogP contribution in [0, 0.1) is 5.82 Å². The Morgan fingerprint density at radius 2 is 1.76 bits per heavy atom. The summed E-state index contributed by atoms with van der Waals surface area (Å²) in [6.07, 6.45) is 7.58. The van der Waals surface area contributed by atoms with E-state index in [1.54, 1.807) is 6.07 Å². The van der Waals surface area contributed by atoms with Gasteiger partial charge in [0.2, 0.25) is 0 Å². The first kappa shape index (κ1) is 13.8. The number of rotatable bonds is 8. The highest BCUT2D eigenvalue weighted by molar-refractivity contribution is 5.54. The molecule has 0 bridgehead atoms. The Hall–Kier alpha value is -1.25. The number of nitrogens with two attached hydrogens (primary N) is 1.